The number of methoxy groups -OCH3 is 1. The van der Waals surface area contributed by atoms with E-state index < -0.39 is 0 Å². The van der Waals surface area contributed by atoms with Crippen LogP contribution in [0.15, 0.2) is 36.7 Å². The van der Waals surface area contributed by atoms with Gasteiger partial charge in [0.05, 0.1) is 31.1 Å². The number of aromatic nitrogens is 2. The van der Waals surface area contributed by atoms with Crippen LogP contribution in [0.4, 0.5) is 10.5 Å². The van der Waals surface area contributed by atoms with Crippen LogP contribution in [0, 0.1) is 0 Å². The van der Waals surface area contributed by atoms with E-state index in [9.17, 15) is 4.79 Å². The number of ether oxygens (including phenoxy) is 2. The van der Waals surface area contributed by atoms with E-state index in [1.807, 2.05) is 24.3 Å². The van der Waals surface area contributed by atoms with Crippen LogP contribution in [0.2, 0.25) is 0 Å². The van der Waals surface area contributed by atoms with Crippen LogP contribution >= 0.6 is 0 Å². The van der Waals surface area contributed by atoms with Crippen molar-refractivity contribution in [3.63, 3.8) is 0 Å². The predicted octanol–water partition coefficient (Wildman–Crippen LogP) is 1.65. The average Bonchev–Trinajstić information content (AvgIpc) is 3.00. The van der Waals surface area contributed by atoms with Crippen molar-refractivity contribution in [3.8, 4) is 5.75 Å². The number of carbonyl (C=O) groups is 1. The predicted molar refractivity (Wildman–Crippen MR) is 85.7 cm³/mol. The van der Waals surface area contributed by atoms with Crippen LogP contribution < -0.4 is 15.4 Å². The third-order valence-corrected chi connectivity index (χ3v) is 3.63. The van der Waals surface area contributed by atoms with Gasteiger partial charge in [0.15, 0.2) is 0 Å². The first kappa shape index (κ1) is 15.4. The number of fused-ring (bicyclic) bond motifs is 1. The SMILES string of the molecule is COCCn1cc(NC(=O)N[C@@H]2COc3ccccc3C2)cn1. The minimum absolute atomic E-state index is 0.0477. The molecule has 7 heteroatoms. The summed E-state index contributed by atoms with van der Waals surface area (Å²) in [5.74, 6) is 0.894. The fraction of sp³-hybridized carbons (Fsp3) is 0.375. The van der Waals surface area contributed by atoms with Gasteiger partial charge < -0.3 is 20.1 Å². The largest absolute Gasteiger partial charge is 0.491 e. The number of hydrogen-bond donors (Lipinski definition) is 2. The maximum absolute atomic E-state index is 12.1. The summed E-state index contributed by atoms with van der Waals surface area (Å²) in [6.07, 6.45) is 4.14. The van der Waals surface area contributed by atoms with E-state index in [4.69, 9.17) is 9.47 Å². The number of amides is 2. The number of rotatable bonds is 5. The van der Waals surface area contributed by atoms with Gasteiger partial charge in [-0.3, -0.25) is 4.68 Å². The van der Waals surface area contributed by atoms with Gasteiger partial charge in [0.2, 0.25) is 0 Å². The van der Waals surface area contributed by atoms with Crippen LogP contribution in [0.5, 0.6) is 5.75 Å². The lowest BCUT2D eigenvalue weighted by Gasteiger charge is -2.25. The summed E-state index contributed by atoms with van der Waals surface area (Å²) in [5, 5.41) is 9.86. The van der Waals surface area contributed by atoms with Crippen molar-refractivity contribution in [2.75, 3.05) is 25.6 Å². The van der Waals surface area contributed by atoms with Gasteiger partial charge in [-0.15, -0.1) is 0 Å². The topological polar surface area (TPSA) is 77.4 Å². The highest BCUT2D eigenvalue weighted by Gasteiger charge is 2.21. The Bertz CT molecular complexity index is 671. The van der Waals surface area contributed by atoms with E-state index in [1.54, 1.807) is 24.2 Å². The minimum atomic E-state index is -0.260. The number of carbonyl (C=O) groups excluding carboxylic acids is 1. The van der Waals surface area contributed by atoms with E-state index in [2.05, 4.69) is 15.7 Å². The fourth-order valence-corrected chi connectivity index (χ4v) is 2.51. The molecular formula is C16H20N4O3. The monoisotopic (exact) mass is 316 g/mol. The van der Waals surface area contributed by atoms with Gasteiger partial charge in [0.25, 0.3) is 0 Å². The van der Waals surface area contributed by atoms with Gasteiger partial charge in [0, 0.05) is 13.3 Å². The summed E-state index contributed by atoms with van der Waals surface area (Å²) < 4.78 is 12.4. The van der Waals surface area contributed by atoms with Gasteiger partial charge in [0.1, 0.15) is 12.4 Å². The Kier molecular flexibility index (Phi) is 4.77. The molecule has 2 N–H and O–H groups in total. The summed E-state index contributed by atoms with van der Waals surface area (Å²) in [4.78, 5) is 12.1. The van der Waals surface area contributed by atoms with Crippen molar-refractivity contribution in [1.29, 1.82) is 0 Å². The molecule has 0 bridgehead atoms. The molecule has 0 spiro atoms. The Balaban J connectivity index is 1.51. The molecule has 1 aromatic heterocycles. The fourth-order valence-electron chi connectivity index (χ4n) is 2.51. The Morgan fingerprint density at radius 1 is 1.48 bits per heavy atom. The number of para-hydroxylation sites is 1. The molecular weight excluding hydrogens is 296 g/mol. The molecule has 7 nitrogen and oxygen atoms in total. The lowest BCUT2D eigenvalue weighted by atomic mass is 10.0. The van der Waals surface area contributed by atoms with Gasteiger partial charge in [-0.2, -0.15) is 5.10 Å². The zero-order chi connectivity index (χ0) is 16.1. The zero-order valence-electron chi connectivity index (χ0n) is 13.0. The van der Waals surface area contributed by atoms with Crippen molar-refractivity contribution < 1.29 is 14.3 Å². The number of nitrogens with zero attached hydrogens (tertiary/aromatic N) is 2. The maximum Gasteiger partial charge on any atom is 0.319 e. The Hall–Kier alpha value is -2.54. The van der Waals surface area contributed by atoms with Crippen molar-refractivity contribution in [2.24, 2.45) is 0 Å². The molecule has 0 radical (unpaired) electrons. The Morgan fingerprint density at radius 2 is 2.35 bits per heavy atom. The number of nitrogens with one attached hydrogen (secondary N) is 2. The number of anilines is 1. The molecule has 1 aliphatic rings. The molecule has 0 aliphatic carbocycles. The van der Waals surface area contributed by atoms with Crippen LogP contribution in [0.25, 0.3) is 0 Å². The Morgan fingerprint density at radius 3 is 3.22 bits per heavy atom. The molecule has 2 aromatic rings. The highest BCUT2D eigenvalue weighted by molar-refractivity contribution is 5.89. The van der Waals surface area contributed by atoms with E-state index in [-0.39, 0.29) is 12.1 Å². The van der Waals surface area contributed by atoms with E-state index >= 15 is 0 Å². The van der Waals surface area contributed by atoms with Gasteiger partial charge in [-0.1, -0.05) is 18.2 Å². The van der Waals surface area contributed by atoms with Crippen LogP contribution in [-0.2, 0) is 17.7 Å². The third-order valence-electron chi connectivity index (χ3n) is 3.63. The average molecular weight is 316 g/mol. The molecule has 0 unspecified atom stereocenters. The lowest BCUT2D eigenvalue weighted by Crippen LogP contribution is -2.44. The highest BCUT2D eigenvalue weighted by Crippen LogP contribution is 2.23. The van der Waals surface area contributed by atoms with Crippen LogP contribution in [0.1, 0.15) is 5.56 Å². The standard InChI is InChI=1S/C16H20N4O3/c1-22-7-6-20-10-14(9-17-20)19-16(21)18-13-8-12-4-2-3-5-15(12)23-11-13/h2-5,9-10,13H,6-8,11H2,1H3,(H2,18,19,21)/t13-/m0/s1. The normalized spacial score (nSPS) is 16.3. The van der Waals surface area contributed by atoms with Crippen molar-refractivity contribution >= 4 is 11.7 Å². The summed E-state index contributed by atoms with van der Waals surface area (Å²) in [7, 11) is 1.64. The molecule has 3 rings (SSSR count). The van der Waals surface area contributed by atoms with Crippen molar-refractivity contribution in [1.82, 2.24) is 15.1 Å². The minimum Gasteiger partial charge on any atom is -0.491 e. The smallest absolute Gasteiger partial charge is 0.319 e. The molecule has 1 aliphatic heterocycles. The van der Waals surface area contributed by atoms with E-state index in [0.717, 1.165) is 17.7 Å². The summed E-state index contributed by atoms with van der Waals surface area (Å²) in [6.45, 7) is 1.69. The molecule has 2 heterocycles. The second-order valence-corrected chi connectivity index (χ2v) is 5.40. The first-order chi connectivity index (χ1) is 11.2. The summed E-state index contributed by atoms with van der Waals surface area (Å²) >= 11 is 0. The van der Waals surface area contributed by atoms with Crippen molar-refractivity contribution in [2.45, 2.75) is 19.0 Å². The molecule has 0 saturated carbocycles. The first-order valence-corrected chi connectivity index (χ1v) is 7.54. The quantitative estimate of drug-likeness (QED) is 0.879. The number of benzene rings is 1. The summed E-state index contributed by atoms with van der Waals surface area (Å²) in [6, 6.07) is 7.57. The van der Waals surface area contributed by atoms with Crippen molar-refractivity contribution in [3.05, 3.63) is 42.2 Å². The second-order valence-electron chi connectivity index (χ2n) is 5.40. The van der Waals surface area contributed by atoms with Gasteiger partial charge in [-0.25, -0.2) is 4.79 Å². The molecule has 23 heavy (non-hydrogen) atoms. The molecule has 122 valence electrons. The second kappa shape index (κ2) is 7.15. The van der Waals surface area contributed by atoms with Crippen LogP contribution in [-0.4, -0.2) is 42.2 Å². The Labute approximate surface area is 134 Å². The molecule has 0 saturated heterocycles. The summed E-state index contributed by atoms with van der Waals surface area (Å²) in [5.41, 5.74) is 1.76. The third kappa shape index (κ3) is 4.01. The molecule has 0 fully saturated rings. The van der Waals surface area contributed by atoms with Gasteiger partial charge in [-0.05, 0) is 18.1 Å². The van der Waals surface area contributed by atoms with E-state index in [1.165, 1.54) is 0 Å². The first-order valence-electron chi connectivity index (χ1n) is 7.54. The van der Waals surface area contributed by atoms with Crippen LogP contribution in [0.3, 0.4) is 0 Å². The molecule has 1 aromatic carbocycles. The van der Waals surface area contributed by atoms with Gasteiger partial charge >= 0.3 is 6.03 Å². The highest BCUT2D eigenvalue weighted by atomic mass is 16.5. The number of urea groups is 1. The number of hydrogen-bond acceptors (Lipinski definition) is 4. The molecule has 2 amide bonds. The molecule has 1 atom stereocenters. The maximum atomic E-state index is 12.1. The lowest BCUT2D eigenvalue weighted by molar-refractivity contribution is 0.183. The zero-order valence-corrected chi connectivity index (χ0v) is 13.0. The van der Waals surface area contributed by atoms with E-state index in [0.29, 0.717) is 25.4 Å².